The molecular weight excluding hydrogens is 371 g/mol. The van der Waals surface area contributed by atoms with Crippen LogP contribution in [-0.2, 0) is 11.2 Å². The minimum absolute atomic E-state index is 0.0811. The quantitative estimate of drug-likeness (QED) is 0.684. The van der Waals surface area contributed by atoms with Gasteiger partial charge in [-0.15, -0.1) is 0 Å². The highest BCUT2D eigenvalue weighted by molar-refractivity contribution is 7.93. The van der Waals surface area contributed by atoms with Gasteiger partial charge in [-0.3, -0.25) is 4.79 Å². The zero-order valence-corrected chi connectivity index (χ0v) is 14.4. The number of nitrogens with one attached hydrogen (secondary N) is 1. The van der Waals surface area contributed by atoms with Gasteiger partial charge in [0.25, 0.3) is 5.91 Å². The Labute approximate surface area is 149 Å². The van der Waals surface area contributed by atoms with Crippen LogP contribution in [0.15, 0.2) is 63.1 Å². The fraction of sp³-hybridized carbons (Fsp3) is 0. The van der Waals surface area contributed by atoms with E-state index < -0.39 is 22.9 Å². The highest BCUT2D eigenvalue weighted by atomic mass is 35.5. The lowest BCUT2D eigenvalue weighted by Crippen LogP contribution is -2.16. The molecule has 1 atom stereocenters. The Balaban J connectivity index is 1.82. The molecule has 0 aliphatic heterocycles. The van der Waals surface area contributed by atoms with Crippen molar-refractivity contribution in [2.24, 2.45) is 0 Å². The fourth-order valence-electron chi connectivity index (χ4n) is 1.91. The molecule has 0 fully saturated rings. The predicted molar refractivity (Wildman–Crippen MR) is 92.6 cm³/mol. The van der Waals surface area contributed by atoms with Crippen molar-refractivity contribution in [3.8, 4) is 0 Å². The topological polar surface area (TPSA) is 65.0 Å². The van der Waals surface area contributed by atoms with Crippen molar-refractivity contribution < 1.29 is 13.7 Å². The summed E-state index contributed by atoms with van der Waals surface area (Å²) in [5.41, 5.74) is 1.97. The molecule has 24 heavy (non-hydrogen) atoms. The monoisotopic (exact) mass is 380 g/mol. The second-order valence-electron chi connectivity index (χ2n) is 4.67. The van der Waals surface area contributed by atoms with E-state index in [1.54, 1.807) is 24.3 Å². The summed E-state index contributed by atoms with van der Waals surface area (Å²) in [6.45, 7) is 0. The van der Waals surface area contributed by atoms with Crippen LogP contribution in [0.4, 0.5) is 10.1 Å². The molecule has 1 amide bonds. The Kier molecular flexibility index (Phi) is 5.15. The van der Waals surface area contributed by atoms with Crippen LogP contribution >= 0.6 is 22.9 Å². The molecule has 1 heterocycles. The third-order valence-corrected chi connectivity index (χ3v) is 5.89. The summed E-state index contributed by atoms with van der Waals surface area (Å²) in [6.07, 6.45) is 0. The number of aromatic nitrogens is 1. The molecule has 0 saturated heterocycles. The molecule has 0 bridgehead atoms. The van der Waals surface area contributed by atoms with Gasteiger partial charge in [0.15, 0.2) is 10.6 Å². The molecule has 122 valence electrons. The van der Waals surface area contributed by atoms with Gasteiger partial charge in [0.05, 0.1) is 5.51 Å². The number of thiazole rings is 1. The lowest BCUT2D eigenvalue weighted by molar-refractivity contribution is 0.102. The molecule has 1 N–H and O–H groups in total. The molecule has 1 aromatic heterocycles. The number of benzene rings is 2. The summed E-state index contributed by atoms with van der Waals surface area (Å²) in [4.78, 5) is 16.9. The maximum Gasteiger partial charge on any atom is 0.280 e. The van der Waals surface area contributed by atoms with Gasteiger partial charge < -0.3 is 9.87 Å². The van der Waals surface area contributed by atoms with E-state index in [0.29, 0.717) is 19.8 Å². The van der Waals surface area contributed by atoms with Gasteiger partial charge >= 0.3 is 0 Å². The van der Waals surface area contributed by atoms with Crippen molar-refractivity contribution in [2.45, 2.75) is 9.10 Å². The number of halogens is 2. The molecular formula is C16H10ClFN2O2S2. The summed E-state index contributed by atoms with van der Waals surface area (Å²) >= 11 is 5.42. The third kappa shape index (κ3) is 3.76. The van der Waals surface area contributed by atoms with Crippen LogP contribution in [0.5, 0.6) is 0 Å². The Hall–Kier alpha value is -1.93. The van der Waals surface area contributed by atoms with Crippen LogP contribution < -0.4 is 5.32 Å². The molecule has 4 nitrogen and oxygen atoms in total. The summed E-state index contributed by atoms with van der Waals surface area (Å²) in [5, 5.41) is 3.15. The number of carbonyl (C=O) groups excluding carboxylic acids is 1. The summed E-state index contributed by atoms with van der Waals surface area (Å²) in [6, 6.07) is 11.9. The molecule has 3 rings (SSSR count). The highest BCUT2D eigenvalue weighted by Gasteiger charge is 2.26. The first-order chi connectivity index (χ1) is 11.5. The van der Waals surface area contributed by atoms with Crippen molar-refractivity contribution in [1.82, 2.24) is 4.98 Å². The number of hydrogen-bond acceptors (Lipinski definition) is 4. The molecule has 0 aliphatic carbocycles. The van der Waals surface area contributed by atoms with Crippen molar-refractivity contribution in [3.05, 3.63) is 70.6 Å². The Bertz CT molecular complexity index is 853. The van der Waals surface area contributed by atoms with Crippen LogP contribution in [-0.4, -0.2) is 15.4 Å². The number of anilines is 1. The van der Waals surface area contributed by atoms with E-state index in [9.17, 15) is 13.7 Å². The molecule has 8 heteroatoms. The highest BCUT2D eigenvalue weighted by Crippen LogP contribution is 2.28. The predicted octanol–water partition coefficient (Wildman–Crippen LogP) is 4.35. The maximum atomic E-state index is 12.9. The normalized spacial score (nSPS) is 12.0. The second kappa shape index (κ2) is 7.31. The smallest absolute Gasteiger partial charge is 0.280 e. The number of hydrogen-bond donors (Lipinski definition) is 1. The van der Waals surface area contributed by atoms with E-state index in [-0.39, 0.29) is 5.69 Å². The Morgan fingerprint density at radius 2 is 1.83 bits per heavy atom. The van der Waals surface area contributed by atoms with Gasteiger partial charge in [-0.1, -0.05) is 22.9 Å². The van der Waals surface area contributed by atoms with Crippen LogP contribution in [0.1, 0.15) is 10.5 Å². The van der Waals surface area contributed by atoms with Crippen LogP contribution in [0.3, 0.4) is 0 Å². The fourth-order valence-corrected chi connectivity index (χ4v) is 4.23. The zero-order valence-electron chi connectivity index (χ0n) is 12.0. The summed E-state index contributed by atoms with van der Waals surface area (Å²) < 4.78 is 25.9. The van der Waals surface area contributed by atoms with Crippen LogP contribution in [0.25, 0.3) is 0 Å². The summed E-state index contributed by atoms with van der Waals surface area (Å²) in [5.74, 6) is -0.897. The minimum Gasteiger partial charge on any atom is -0.606 e. The third-order valence-electron chi connectivity index (χ3n) is 3.05. The van der Waals surface area contributed by atoms with Crippen molar-refractivity contribution in [2.75, 3.05) is 5.32 Å². The van der Waals surface area contributed by atoms with E-state index in [1.165, 1.54) is 29.8 Å². The lowest BCUT2D eigenvalue weighted by Gasteiger charge is -2.09. The molecule has 2 aromatic carbocycles. The SMILES string of the molecule is O=C(Nc1ccc(F)cc1)c1ncsc1[S+]([O-])c1ccc(Cl)cc1. The molecule has 0 aliphatic rings. The maximum absolute atomic E-state index is 12.9. The number of nitrogens with zero attached hydrogens (tertiary/aromatic N) is 1. The summed E-state index contributed by atoms with van der Waals surface area (Å²) in [7, 11) is 0. The van der Waals surface area contributed by atoms with Gasteiger partial charge in [0.2, 0.25) is 4.21 Å². The average Bonchev–Trinajstić information content (AvgIpc) is 3.07. The lowest BCUT2D eigenvalue weighted by atomic mass is 10.3. The molecule has 1 unspecified atom stereocenters. The molecule has 3 aromatic rings. The first kappa shape index (κ1) is 16.9. The molecule has 0 spiro atoms. The van der Waals surface area contributed by atoms with Gasteiger partial charge in [-0.05, 0) is 48.5 Å². The first-order valence-electron chi connectivity index (χ1n) is 6.72. The largest absolute Gasteiger partial charge is 0.606 e. The van der Waals surface area contributed by atoms with Crippen LogP contribution in [0, 0.1) is 5.82 Å². The number of rotatable bonds is 4. The zero-order chi connectivity index (χ0) is 17.1. The van der Waals surface area contributed by atoms with E-state index in [4.69, 9.17) is 11.6 Å². The van der Waals surface area contributed by atoms with Crippen molar-refractivity contribution >= 4 is 45.7 Å². The van der Waals surface area contributed by atoms with Gasteiger partial charge in [-0.25, -0.2) is 9.37 Å². The second-order valence-corrected chi connectivity index (χ2v) is 7.64. The van der Waals surface area contributed by atoms with Crippen molar-refractivity contribution in [1.29, 1.82) is 0 Å². The van der Waals surface area contributed by atoms with E-state index >= 15 is 0 Å². The van der Waals surface area contributed by atoms with E-state index in [0.717, 1.165) is 11.3 Å². The minimum atomic E-state index is -1.54. The average molecular weight is 381 g/mol. The number of carbonyl (C=O) groups is 1. The Morgan fingerprint density at radius 1 is 1.17 bits per heavy atom. The van der Waals surface area contributed by atoms with E-state index in [1.807, 2.05) is 0 Å². The molecule has 0 radical (unpaired) electrons. The van der Waals surface area contributed by atoms with Crippen LogP contribution in [0.2, 0.25) is 5.02 Å². The van der Waals surface area contributed by atoms with Gasteiger partial charge in [0.1, 0.15) is 5.82 Å². The Morgan fingerprint density at radius 3 is 2.50 bits per heavy atom. The van der Waals surface area contributed by atoms with Gasteiger partial charge in [0, 0.05) is 21.9 Å². The van der Waals surface area contributed by atoms with Crippen molar-refractivity contribution in [3.63, 3.8) is 0 Å². The molecule has 0 saturated carbocycles. The first-order valence-corrected chi connectivity index (χ1v) is 9.13. The number of amides is 1. The van der Waals surface area contributed by atoms with Gasteiger partial charge in [-0.2, -0.15) is 0 Å². The standard InChI is InChI=1S/C16H10ClFN2O2S2/c17-10-1-7-13(8-2-10)24(22)16-14(19-9-23-16)15(21)20-12-5-3-11(18)4-6-12/h1-9H,(H,20,21). The van der Waals surface area contributed by atoms with E-state index in [2.05, 4.69) is 10.3 Å².